The van der Waals surface area contributed by atoms with Crippen molar-refractivity contribution in [2.75, 3.05) is 6.54 Å². The predicted octanol–water partition coefficient (Wildman–Crippen LogP) is 2.63. The summed E-state index contributed by atoms with van der Waals surface area (Å²) in [7, 11) is 0. The second-order valence-corrected chi connectivity index (χ2v) is 7.70. The molecule has 0 radical (unpaired) electrons. The van der Waals surface area contributed by atoms with E-state index >= 15 is 0 Å². The number of benzene rings is 2. The fourth-order valence-electron chi connectivity index (χ4n) is 3.50. The molecule has 3 rings (SSSR count). The fourth-order valence-corrected chi connectivity index (χ4v) is 3.50. The molecule has 0 spiro atoms. The summed E-state index contributed by atoms with van der Waals surface area (Å²) in [5, 5.41) is 30.5. The van der Waals surface area contributed by atoms with Crippen molar-refractivity contribution in [1.29, 1.82) is 5.41 Å². The second kappa shape index (κ2) is 9.93. The molecule has 1 heterocycles. The Morgan fingerprint density at radius 3 is 2.50 bits per heavy atom. The van der Waals surface area contributed by atoms with Crippen LogP contribution < -0.4 is 11.1 Å². The van der Waals surface area contributed by atoms with Crippen LogP contribution in [0.1, 0.15) is 34.0 Å². The van der Waals surface area contributed by atoms with Crippen LogP contribution in [-0.2, 0) is 11.2 Å². The van der Waals surface area contributed by atoms with Crippen molar-refractivity contribution < 1.29 is 19.9 Å². The molecule has 1 amide bonds. The van der Waals surface area contributed by atoms with Crippen molar-refractivity contribution in [1.82, 2.24) is 10.4 Å². The van der Waals surface area contributed by atoms with Crippen LogP contribution in [0.15, 0.2) is 66.9 Å². The Morgan fingerprint density at radius 2 is 1.91 bits per heavy atom. The van der Waals surface area contributed by atoms with E-state index in [-0.39, 0.29) is 18.2 Å². The first-order chi connectivity index (χ1) is 15.2. The third-order valence-corrected chi connectivity index (χ3v) is 5.38. The molecule has 2 aromatic carbocycles. The molecule has 0 saturated carbocycles. The molecular weight excluding hydrogens is 408 g/mol. The van der Waals surface area contributed by atoms with Gasteiger partial charge in [0.05, 0.1) is 12.5 Å². The van der Waals surface area contributed by atoms with E-state index in [2.05, 4.69) is 5.32 Å². The number of hydrogen-bond acceptors (Lipinski definition) is 5. The van der Waals surface area contributed by atoms with Crippen molar-refractivity contribution in [3.05, 3.63) is 89.1 Å². The molecule has 0 unspecified atom stereocenters. The zero-order valence-electron chi connectivity index (χ0n) is 17.7. The van der Waals surface area contributed by atoms with Crippen LogP contribution >= 0.6 is 0 Å². The summed E-state index contributed by atoms with van der Waals surface area (Å²) in [6, 6.07) is 13.2. The van der Waals surface area contributed by atoms with Crippen LogP contribution in [0, 0.1) is 11.3 Å². The van der Waals surface area contributed by atoms with Gasteiger partial charge >= 0.3 is 5.97 Å². The topological polar surface area (TPSA) is 140 Å². The van der Waals surface area contributed by atoms with Gasteiger partial charge in [0, 0.05) is 23.4 Å². The normalized spacial score (nSPS) is 14.9. The number of aliphatic carboxylic acids is 1. The van der Waals surface area contributed by atoms with Gasteiger partial charge in [0.25, 0.3) is 5.91 Å². The smallest absolute Gasteiger partial charge is 0.308 e. The number of rotatable bonds is 8. The maximum Gasteiger partial charge on any atom is 0.308 e. The van der Waals surface area contributed by atoms with E-state index in [0.29, 0.717) is 17.7 Å². The molecule has 32 heavy (non-hydrogen) atoms. The lowest BCUT2D eigenvalue weighted by Gasteiger charge is -2.22. The molecule has 0 bridgehead atoms. The number of amidine groups is 1. The Bertz CT molecular complexity index is 1080. The number of nitrogens with two attached hydrogens (primary N) is 1. The van der Waals surface area contributed by atoms with Gasteiger partial charge in [-0.05, 0) is 54.3 Å². The number of nitrogen functional groups attached to an aromatic ring is 1. The lowest BCUT2D eigenvalue weighted by molar-refractivity contribution is -0.142. The lowest BCUT2D eigenvalue weighted by atomic mass is 9.92. The molecule has 0 fully saturated rings. The van der Waals surface area contributed by atoms with Gasteiger partial charge in [-0.25, -0.2) is 0 Å². The minimum Gasteiger partial charge on any atom is -0.481 e. The van der Waals surface area contributed by atoms with E-state index in [1.807, 2.05) is 18.2 Å². The highest BCUT2D eigenvalue weighted by Gasteiger charge is 2.27. The number of carbonyl (C=O) groups excluding carboxylic acids is 1. The monoisotopic (exact) mass is 434 g/mol. The second-order valence-electron chi connectivity index (χ2n) is 7.70. The molecule has 0 aliphatic carbocycles. The maximum atomic E-state index is 12.7. The first kappa shape index (κ1) is 22.8. The molecule has 8 nitrogen and oxygen atoms in total. The molecule has 0 aromatic heterocycles. The summed E-state index contributed by atoms with van der Waals surface area (Å²) in [6.07, 6.45) is 5.41. The van der Waals surface area contributed by atoms with Gasteiger partial charge < -0.3 is 16.2 Å². The standard InChI is InChI=1S/C24H26N4O4/c1-15(21(24(30)31)14-16-3-2-4-20(13-16)22(25)26)27-23(29)19-7-5-17(6-8-19)18-9-11-28(32)12-10-18/h2-11,13,15,21,32H,12,14H2,1H3,(H3,25,26)(H,27,29)(H,30,31)/t15-,21-/m1/s1. The Labute approximate surface area is 186 Å². The van der Waals surface area contributed by atoms with Crippen LogP contribution in [-0.4, -0.2) is 45.7 Å². The van der Waals surface area contributed by atoms with E-state index in [4.69, 9.17) is 11.1 Å². The van der Waals surface area contributed by atoms with Crippen molar-refractivity contribution in [3.63, 3.8) is 0 Å². The molecule has 8 heteroatoms. The molecule has 2 atom stereocenters. The van der Waals surface area contributed by atoms with Gasteiger partial charge in [-0.3, -0.25) is 25.3 Å². The van der Waals surface area contributed by atoms with Crippen molar-refractivity contribution >= 4 is 23.3 Å². The van der Waals surface area contributed by atoms with Gasteiger partial charge in [-0.15, -0.1) is 0 Å². The van der Waals surface area contributed by atoms with Crippen molar-refractivity contribution in [2.24, 2.45) is 11.7 Å². The van der Waals surface area contributed by atoms with Gasteiger partial charge in [0.1, 0.15) is 5.84 Å². The number of allylic oxidation sites excluding steroid dienone is 2. The molecule has 0 saturated heterocycles. The van der Waals surface area contributed by atoms with Crippen LogP contribution in [0.4, 0.5) is 0 Å². The van der Waals surface area contributed by atoms with Gasteiger partial charge in [-0.1, -0.05) is 36.4 Å². The Balaban J connectivity index is 1.67. The Hall–Kier alpha value is -3.91. The number of nitrogens with one attached hydrogen (secondary N) is 2. The Kier molecular flexibility index (Phi) is 7.07. The summed E-state index contributed by atoms with van der Waals surface area (Å²) in [6.45, 7) is 2.05. The minimum atomic E-state index is -1.02. The number of amides is 1. The highest BCUT2D eigenvalue weighted by Crippen LogP contribution is 2.20. The average molecular weight is 434 g/mol. The summed E-state index contributed by atoms with van der Waals surface area (Å²) in [5.41, 5.74) is 9.04. The van der Waals surface area contributed by atoms with Crippen LogP contribution in [0.3, 0.4) is 0 Å². The van der Waals surface area contributed by atoms with Crippen molar-refractivity contribution in [3.8, 4) is 0 Å². The minimum absolute atomic E-state index is 0.0864. The first-order valence-electron chi connectivity index (χ1n) is 10.2. The number of carboxylic acid groups (broad SMARTS) is 1. The van der Waals surface area contributed by atoms with E-state index in [0.717, 1.165) is 21.8 Å². The number of carbonyl (C=O) groups is 2. The maximum absolute atomic E-state index is 12.7. The third-order valence-electron chi connectivity index (χ3n) is 5.38. The number of hydrogen-bond donors (Lipinski definition) is 5. The van der Waals surface area contributed by atoms with Crippen LogP contribution in [0.25, 0.3) is 5.57 Å². The van der Waals surface area contributed by atoms with E-state index in [1.165, 1.54) is 0 Å². The first-order valence-corrected chi connectivity index (χ1v) is 10.2. The average Bonchev–Trinajstić information content (AvgIpc) is 2.78. The fraction of sp³-hybridized carbons (Fsp3) is 0.208. The van der Waals surface area contributed by atoms with E-state index in [1.54, 1.807) is 55.6 Å². The largest absolute Gasteiger partial charge is 0.481 e. The van der Waals surface area contributed by atoms with E-state index < -0.39 is 17.9 Å². The van der Waals surface area contributed by atoms with Gasteiger partial charge in [-0.2, -0.15) is 0 Å². The summed E-state index contributed by atoms with van der Waals surface area (Å²) < 4.78 is 0. The number of hydroxylamine groups is 2. The third kappa shape index (κ3) is 5.61. The number of nitrogens with zero attached hydrogens (tertiary/aromatic N) is 1. The van der Waals surface area contributed by atoms with Crippen LogP contribution in [0.2, 0.25) is 0 Å². The van der Waals surface area contributed by atoms with Gasteiger partial charge in [0.15, 0.2) is 0 Å². The molecular formula is C24H26N4O4. The number of carboxylic acids is 1. The SMILES string of the molecule is C[C@@H](NC(=O)c1ccc(C2=CCN(O)C=C2)cc1)[C@@H](Cc1cccc(C(=N)N)c1)C(=O)O. The highest BCUT2D eigenvalue weighted by molar-refractivity contribution is 5.95. The summed E-state index contributed by atoms with van der Waals surface area (Å²) >= 11 is 0. The van der Waals surface area contributed by atoms with E-state index in [9.17, 15) is 19.9 Å². The molecule has 1 aliphatic heterocycles. The predicted molar refractivity (Wildman–Crippen MR) is 121 cm³/mol. The molecule has 1 aliphatic rings. The van der Waals surface area contributed by atoms with Crippen LogP contribution in [0.5, 0.6) is 0 Å². The zero-order chi connectivity index (χ0) is 23.3. The van der Waals surface area contributed by atoms with Gasteiger partial charge in [0.2, 0.25) is 0 Å². The zero-order valence-corrected chi connectivity index (χ0v) is 17.7. The Morgan fingerprint density at radius 1 is 1.19 bits per heavy atom. The summed E-state index contributed by atoms with van der Waals surface area (Å²) in [4.78, 5) is 24.6. The molecule has 2 aromatic rings. The molecule has 6 N–H and O–H groups in total. The summed E-state index contributed by atoms with van der Waals surface area (Å²) in [5.74, 6) is -2.31. The van der Waals surface area contributed by atoms with Crippen molar-refractivity contribution in [2.45, 2.75) is 19.4 Å². The quantitative estimate of drug-likeness (QED) is 0.320. The lowest BCUT2D eigenvalue weighted by Crippen LogP contribution is -2.42. The highest BCUT2D eigenvalue weighted by atomic mass is 16.5. The molecule has 166 valence electrons.